The molecule has 2 heterocycles. The SMILES string of the molecule is O=C(NC1CCNC1)c1cc(-c2ccn[nH]2)ccc1F. The average Bonchev–Trinajstić information content (AvgIpc) is 3.11. The standard InChI is InChI=1S/C14H15FN4O/c15-12-2-1-9(13-4-6-17-19-13)7-11(12)14(20)18-10-3-5-16-8-10/h1-2,4,6-7,10,16H,3,5,8H2,(H,17,19)(H,18,20). The fraction of sp³-hybridized carbons (Fsp3) is 0.286. The summed E-state index contributed by atoms with van der Waals surface area (Å²) in [4.78, 5) is 12.1. The second-order valence-electron chi connectivity index (χ2n) is 4.83. The Hall–Kier alpha value is -2.21. The van der Waals surface area contributed by atoms with Gasteiger partial charge in [-0.25, -0.2) is 4.39 Å². The summed E-state index contributed by atoms with van der Waals surface area (Å²) >= 11 is 0. The van der Waals surface area contributed by atoms with Crippen LogP contribution in [0.25, 0.3) is 11.3 Å². The van der Waals surface area contributed by atoms with Gasteiger partial charge in [-0.2, -0.15) is 5.10 Å². The maximum absolute atomic E-state index is 13.8. The molecule has 0 bridgehead atoms. The van der Waals surface area contributed by atoms with Gasteiger partial charge in [0.05, 0.1) is 11.3 Å². The minimum Gasteiger partial charge on any atom is -0.348 e. The van der Waals surface area contributed by atoms with Gasteiger partial charge in [-0.3, -0.25) is 9.89 Å². The molecule has 0 aliphatic carbocycles. The largest absolute Gasteiger partial charge is 0.348 e. The van der Waals surface area contributed by atoms with Crippen LogP contribution in [0.2, 0.25) is 0 Å². The zero-order valence-corrected chi connectivity index (χ0v) is 10.8. The van der Waals surface area contributed by atoms with Gasteiger partial charge in [0.25, 0.3) is 5.91 Å². The van der Waals surface area contributed by atoms with Crippen molar-refractivity contribution in [2.45, 2.75) is 12.5 Å². The van der Waals surface area contributed by atoms with Crippen molar-refractivity contribution in [2.24, 2.45) is 0 Å². The molecule has 104 valence electrons. The van der Waals surface area contributed by atoms with E-state index in [0.717, 1.165) is 30.8 Å². The van der Waals surface area contributed by atoms with Gasteiger partial charge in [0.2, 0.25) is 0 Å². The van der Waals surface area contributed by atoms with Crippen LogP contribution in [0.4, 0.5) is 4.39 Å². The van der Waals surface area contributed by atoms with Crippen LogP contribution < -0.4 is 10.6 Å². The number of hydrogen-bond donors (Lipinski definition) is 3. The molecule has 1 aliphatic rings. The molecule has 0 spiro atoms. The van der Waals surface area contributed by atoms with Crippen LogP contribution in [0, 0.1) is 5.82 Å². The Bertz CT molecular complexity index is 606. The Morgan fingerprint density at radius 2 is 2.30 bits per heavy atom. The minimum absolute atomic E-state index is 0.0593. The van der Waals surface area contributed by atoms with Gasteiger partial charge in [-0.05, 0) is 37.2 Å². The van der Waals surface area contributed by atoms with Crippen LogP contribution in [-0.2, 0) is 0 Å². The highest BCUT2D eigenvalue weighted by Gasteiger charge is 2.20. The Balaban J connectivity index is 1.84. The molecule has 3 rings (SSSR count). The molecule has 1 unspecified atom stereocenters. The van der Waals surface area contributed by atoms with E-state index in [9.17, 15) is 9.18 Å². The third-order valence-electron chi connectivity index (χ3n) is 3.42. The third-order valence-corrected chi connectivity index (χ3v) is 3.42. The van der Waals surface area contributed by atoms with Crippen molar-refractivity contribution in [1.29, 1.82) is 0 Å². The molecule has 1 aromatic carbocycles. The van der Waals surface area contributed by atoms with E-state index in [1.165, 1.54) is 6.07 Å². The average molecular weight is 274 g/mol. The molecule has 0 radical (unpaired) electrons. The van der Waals surface area contributed by atoms with Crippen molar-refractivity contribution in [2.75, 3.05) is 13.1 Å². The van der Waals surface area contributed by atoms with E-state index in [4.69, 9.17) is 0 Å². The lowest BCUT2D eigenvalue weighted by Gasteiger charge is -2.12. The lowest BCUT2D eigenvalue weighted by atomic mass is 10.1. The van der Waals surface area contributed by atoms with Gasteiger partial charge < -0.3 is 10.6 Å². The zero-order chi connectivity index (χ0) is 13.9. The summed E-state index contributed by atoms with van der Waals surface area (Å²) in [6.07, 6.45) is 2.48. The van der Waals surface area contributed by atoms with Crippen LogP contribution in [0.1, 0.15) is 16.8 Å². The van der Waals surface area contributed by atoms with Crippen LogP contribution in [0.5, 0.6) is 0 Å². The maximum atomic E-state index is 13.8. The molecule has 0 saturated carbocycles. The van der Waals surface area contributed by atoms with Crippen molar-refractivity contribution >= 4 is 5.91 Å². The summed E-state index contributed by atoms with van der Waals surface area (Å²) in [5.74, 6) is -0.894. The first kappa shape index (κ1) is 12.8. The van der Waals surface area contributed by atoms with Crippen molar-refractivity contribution in [3.8, 4) is 11.3 Å². The van der Waals surface area contributed by atoms with Crippen LogP contribution >= 0.6 is 0 Å². The van der Waals surface area contributed by atoms with Gasteiger partial charge in [-0.15, -0.1) is 0 Å². The predicted molar refractivity (Wildman–Crippen MR) is 72.7 cm³/mol. The van der Waals surface area contributed by atoms with Crippen molar-refractivity contribution in [3.05, 3.63) is 41.8 Å². The van der Waals surface area contributed by atoms with E-state index in [0.29, 0.717) is 0 Å². The highest BCUT2D eigenvalue weighted by molar-refractivity contribution is 5.95. The third kappa shape index (κ3) is 2.55. The highest BCUT2D eigenvalue weighted by Crippen LogP contribution is 2.20. The molecule has 1 fully saturated rings. The lowest BCUT2D eigenvalue weighted by Crippen LogP contribution is -2.36. The maximum Gasteiger partial charge on any atom is 0.254 e. The van der Waals surface area contributed by atoms with E-state index in [2.05, 4.69) is 20.8 Å². The Morgan fingerprint density at radius 3 is 3.00 bits per heavy atom. The van der Waals surface area contributed by atoms with E-state index in [-0.39, 0.29) is 17.5 Å². The molecule has 3 N–H and O–H groups in total. The molecule has 1 saturated heterocycles. The van der Waals surface area contributed by atoms with Gasteiger partial charge in [-0.1, -0.05) is 0 Å². The molecular formula is C14H15FN4O. The molecule has 1 aliphatic heterocycles. The number of rotatable bonds is 3. The number of halogens is 1. The van der Waals surface area contributed by atoms with Gasteiger partial charge >= 0.3 is 0 Å². The van der Waals surface area contributed by atoms with Crippen LogP contribution in [0.15, 0.2) is 30.5 Å². The number of amides is 1. The minimum atomic E-state index is -0.517. The quantitative estimate of drug-likeness (QED) is 0.790. The molecule has 6 heteroatoms. The summed E-state index contributed by atoms with van der Waals surface area (Å²) in [6.45, 7) is 1.61. The fourth-order valence-electron chi connectivity index (χ4n) is 2.32. The summed E-state index contributed by atoms with van der Waals surface area (Å²) in [6, 6.07) is 6.31. The molecule has 1 amide bonds. The Morgan fingerprint density at radius 1 is 1.40 bits per heavy atom. The van der Waals surface area contributed by atoms with Crippen molar-refractivity contribution in [3.63, 3.8) is 0 Å². The number of carbonyl (C=O) groups excluding carboxylic acids is 1. The van der Waals surface area contributed by atoms with E-state index < -0.39 is 5.82 Å². The molecule has 1 aromatic heterocycles. The van der Waals surface area contributed by atoms with E-state index in [1.54, 1.807) is 24.4 Å². The smallest absolute Gasteiger partial charge is 0.254 e. The summed E-state index contributed by atoms with van der Waals surface area (Å²) < 4.78 is 13.8. The molecule has 20 heavy (non-hydrogen) atoms. The van der Waals surface area contributed by atoms with E-state index >= 15 is 0 Å². The number of benzene rings is 1. The van der Waals surface area contributed by atoms with Crippen LogP contribution in [0.3, 0.4) is 0 Å². The molecular weight excluding hydrogens is 259 g/mol. The van der Waals surface area contributed by atoms with Gasteiger partial charge in [0, 0.05) is 24.3 Å². The number of aromatic nitrogens is 2. The lowest BCUT2D eigenvalue weighted by molar-refractivity contribution is 0.0936. The molecule has 2 aromatic rings. The van der Waals surface area contributed by atoms with Gasteiger partial charge in [0.1, 0.15) is 5.82 Å². The topological polar surface area (TPSA) is 69.8 Å². The second kappa shape index (κ2) is 5.42. The monoisotopic (exact) mass is 274 g/mol. The van der Waals surface area contributed by atoms with Gasteiger partial charge in [0.15, 0.2) is 0 Å². The summed E-state index contributed by atoms with van der Waals surface area (Å²) in [5.41, 5.74) is 1.55. The predicted octanol–water partition coefficient (Wildman–Crippen LogP) is 1.31. The first-order valence-electron chi connectivity index (χ1n) is 6.55. The summed E-state index contributed by atoms with van der Waals surface area (Å²) in [7, 11) is 0. The number of carbonyl (C=O) groups is 1. The van der Waals surface area contributed by atoms with Crippen molar-refractivity contribution < 1.29 is 9.18 Å². The first-order chi connectivity index (χ1) is 9.74. The van der Waals surface area contributed by atoms with Crippen LogP contribution in [-0.4, -0.2) is 35.2 Å². The summed E-state index contributed by atoms with van der Waals surface area (Å²) in [5, 5.41) is 12.6. The Kier molecular flexibility index (Phi) is 3.47. The number of hydrogen-bond acceptors (Lipinski definition) is 3. The van der Waals surface area contributed by atoms with E-state index in [1.807, 2.05) is 0 Å². The number of nitrogens with zero attached hydrogens (tertiary/aromatic N) is 1. The Labute approximate surface area is 115 Å². The second-order valence-corrected chi connectivity index (χ2v) is 4.83. The number of aromatic amines is 1. The first-order valence-corrected chi connectivity index (χ1v) is 6.55. The number of H-pyrrole nitrogens is 1. The normalized spacial score (nSPS) is 18.1. The van der Waals surface area contributed by atoms with Crippen molar-refractivity contribution in [1.82, 2.24) is 20.8 Å². The molecule has 5 nitrogen and oxygen atoms in total. The fourth-order valence-corrected chi connectivity index (χ4v) is 2.32. The number of nitrogens with one attached hydrogen (secondary N) is 3. The zero-order valence-electron chi connectivity index (χ0n) is 10.8. The molecule has 1 atom stereocenters. The highest BCUT2D eigenvalue weighted by atomic mass is 19.1.